The molecule has 0 atom stereocenters. The first-order valence-electron chi connectivity index (χ1n) is 6.54. The average Bonchev–Trinajstić information content (AvgIpc) is 3.22. The molecule has 6 nitrogen and oxygen atoms in total. The molecule has 1 aliphatic carbocycles. The maximum absolute atomic E-state index is 11.8. The number of aromatic carboxylic acids is 1. The molecule has 0 saturated heterocycles. The normalized spacial score (nSPS) is 13.8. The molecule has 0 spiro atoms. The first kappa shape index (κ1) is 14.3. The number of methoxy groups -OCH3 is 1. The number of hydrogen-bond acceptors (Lipinski definition) is 4. The van der Waals surface area contributed by atoms with Gasteiger partial charge in [0.1, 0.15) is 5.75 Å². The van der Waals surface area contributed by atoms with Crippen LogP contribution in [0.2, 0.25) is 0 Å². The quantitative estimate of drug-likeness (QED) is 0.703. The summed E-state index contributed by atoms with van der Waals surface area (Å²) in [5.41, 5.74) is 0.487. The molecular weight excluding hydrogens is 260 g/mol. The maximum atomic E-state index is 11.8. The molecule has 3 N–H and O–H groups in total. The third kappa shape index (κ3) is 3.96. The van der Waals surface area contributed by atoms with E-state index in [9.17, 15) is 9.59 Å². The summed E-state index contributed by atoms with van der Waals surface area (Å²) in [6.07, 6.45) is 2.70. The molecule has 1 fully saturated rings. The number of hydrogen-bond donors (Lipinski definition) is 3. The molecule has 1 amide bonds. The smallest absolute Gasteiger partial charge is 0.335 e. The lowest BCUT2D eigenvalue weighted by Gasteiger charge is -2.11. The van der Waals surface area contributed by atoms with E-state index in [1.807, 2.05) is 0 Å². The number of carbonyl (C=O) groups excluding carboxylic acids is 1. The summed E-state index contributed by atoms with van der Waals surface area (Å²) in [6.45, 7) is 0.622. The summed E-state index contributed by atoms with van der Waals surface area (Å²) in [4.78, 5) is 22.7. The van der Waals surface area contributed by atoms with Crippen molar-refractivity contribution in [2.24, 2.45) is 0 Å². The summed E-state index contributed by atoms with van der Waals surface area (Å²) in [5.74, 6) is -0.768. The van der Waals surface area contributed by atoms with Crippen LogP contribution in [-0.4, -0.2) is 36.7 Å². The number of amides is 1. The minimum Gasteiger partial charge on any atom is -0.495 e. The fourth-order valence-electron chi connectivity index (χ4n) is 1.83. The van der Waals surface area contributed by atoms with Gasteiger partial charge >= 0.3 is 5.97 Å². The largest absolute Gasteiger partial charge is 0.495 e. The van der Waals surface area contributed by atoms with Crippen molar-refractivity contribution in [2.45, 2.75) is 25.3 Å². The third-order valence-corrected chi connectivity index (χ3v) is 3.08. The van der Waals surface area contributed by atoms with Crippen molar-refractivity contribution < 1.29 is 19.4 Å². The fraction of sp³-hybridized carbons (Fsp3) is 0.429. The van der Waals surface area contributed by atoms with Crippen LogP contribution in [-0.2, 0) is 4.79 Å². The molecule has 6 heteroatoms. The lowest BCUT2D eigenvalue weighted by atomic mass is 10.2. The predicted octanol–water partition coefficient (Wildman–Crippen LogP) is 1.47. The minimum atomic E-state index is -1.04. The molecule has 108 valence electrons. The van der Waals surface area contributed by atoms with Gasteiger partial charge in [-0.25, -0.2) is 4.79 Å². The van der Waals surface area contributed by atoms with Gasteiger partial charge in [0, 0.05) is 19.0 Å². The fourth-order valence-corrected chi connectivity index (χ4v) is 1.83. The number of anilines is 1. The Morgan fingerprint density at radius 2 is 2.15 bits per heavy atom. The van der Waals surface area contributed by atoms with Crippen molar-refractivity contribution in [1.29, 1.82) is 0 Å². The molecule has 0 radical (unpaired) electrons. The average molecular weight is 278 g/mol. The van der Waals surface area contributed by atoms with Crippen LogP contribution in [0.5, 0.6) is 5.75 Å². The Morgan fingerprint density at radius 1 is 1.40 bits per heavy atom. The van der Waals surface area contributed by atoms with Gasteiger partial charge in [-0.2, -0.15) is 0 Å². The molecular formula is C14H18N2O4. The molecule has 1 saturated carbocycles. The van der Waals surface area contributed by atoms with Crippen molar-refractivity contribution in [1.82, 2.24) is 5.32 Å². The van der Waals surface area contributed by atoms with E-state index in [2.05, 4.69) is 10.6 Å². The third-order valence-electron chi connectivity index (χ3n) is 3.08. The van der Waals surface area contributed by atoms with Gasteiger partial charge in [-0.1, -0.05) is 0 Å². The lowest BCUT2D eigenvalue weighted by Crippen LogP contribution is -2.23. The van der Waals surface area contributed by atoms with E-state index in [1.54, 1.807) is 0 Å². The van der Waals surface area contributed by atoms with E-state index >= 15 is 0 Å². The Labute approximate surface area is 117 Å². The Kier molecular flexibility index (Phi) is 4.57. The molecule has 0 unspecified atom stereocenters. The highest BCUT2D eigenvalue weighted by Crippen LogP contribution is 2.25. The topological polar surface area (TPSA) is 87.7 Å². The summed E-state index contributed by atoms with van der Waals surface area (Å²) in [6, 6.07) is 4.92. The molecule has 1 aromatic carbocycles. The Balaban J connectivity index is 1.96. The second-order valence-corrected chi connectivity index (χ2v) is 4.75. The molecule has 0 bridgehead atoms. The van der Waals surface area contributed by atoms with Crippen molar-refractivity contribution in [3.63, 3.8) is 0 Å². The van der Waals surface area contributed by atoms with Crippen LogP contribution in [0.15, 0.2) is 18.2 Å². The van der Waals surface area contributed by atoms with Crippen molar-refractivity contribution >= 4 is 17.6 Å². The van der Waals surface area contributed by atoms with E-state index in [0.717, 1.165) is 0 Å². The molecule has 1 aromatic rings. The van der Waals surface area contributed by atoms with E-state index < -0.39 is 5.97 Å². The van der Waals surface area contributed by atoms with Gasteiger partial charge in [0.05, 0.1) is 18.4 Å². The number of benzene rings is 1. The van der Waals surface area contributed by atoms with Crippen LogP contribution in [0.3, 0.4) is 0 Å². The second-order valence-electron chi connectivity index (χ2n) is 4.75. The summed E-state index contributed by atoms with van der Waals surface area (Å²) in [7, 11) is 1.47. The highest BCUT2D eigenvalue weighted by molar-refractivity contribution is 5.95. The molecule has 1 aliphatic rings. The zero-order chi connectivity index (χ0) is 14.5. The molecule has 20 heavy (non-hydrogen) atoms. The first-order valence-corrected chi connectivity index (χ1v) is 6.54. The lowest BCUT2D eigenvalue weighted by molar-refractivity contribution is -0.116. The minimum absolute atomic E-state index is 0.109. The van der Waals surface area contributed by atoms with Gasteiger partial charge in [0.15, 0.2) is 0 Å². The highest BCUT2D eigenvalue weighted by Gasteiger charge is 2.20. The number of carboxylic acid groups (broad SMARTS) is 1. The van der Waals surface area contributed by atoms with Crippen LogP contribution >= 0.6 is 0 Å². The monoisotopic (exact) mass is 278 g/mol. The maximum Gasteiger partial charge on any atom is 0.335 e. The first-order chi connectivity index (χ1) is 9.60. The number of carbonyl (C=O) groups is 2. The Morgan fingerprint density at radius 3 is 2.75 bits per heavy atom. The van der Waals surface area contributed by atoms with E-state index in [1.165, 1.54) is 38.2 Å². The van der Waals surface area contributed by atoms with Crippen molar-refractivity contribution in [3.8, 4) is 5.75 Å². The van der Waals surface area contributed by atoms with Gasteiger partial charge in [0.25, 0.3) is 0 Å². The number of rotatable bonds is 7. The zero-order valence-electron chi connectivity index (χ0n) is 11.3. The molecule has 0 heterocycles. The van der Waals surface area contributed by atoms with Crippen LogP contribution in [0.4, 0.5) is 5.69 Å². The number of carboxylic acids is 1. The van der Waals surface area contributed by atoms with Gasteiger partial charge < -0.3 is 20.5 Å². The van der Waals surface area contributed by atoms with Gasteiger partial charge in [-0.05, 0) is 31.0 Å². The standard InChI is InChI=1S/C14H18N2O4/c1-20-12-5-2-9(14(18)19)8-11(12)16-13(17)6-7-15-10-3-4-10/h2,5,8,10,15H,3-4,6-7H2,1H3,(H,16,17)(H,18,19). The van der Waals surface area contributed by atoms with E-state index in [4.69, 9.17) is 9.84 Å². The summed E-state index contributed by atoms with van der Waals surface area (Å²) in [5, 5.41) is 14.9. The molecule has 0 aliphatic heterocycles. The summed E-state index contributed by atoms with van der Waals surface area (Å²) >= 11 is 0. The van der Waals surface area contributed by atoms with Gasteiger partial charge in [-0.3, -0.25) is 4.79 Å². The van der Waals surface area contributed by atoms with E-state index in [-0.39, 0.29) is 11.5 Å². The van der Waals surface area contributed by atoms with E-state index in [0.29, 0.717) is 30.4 Å². The van der Waals surface area contributed by atoms with Crippen LogP contribution in [0.1, 0.15) is 29.6 Å². The molecule has 2 rings (SSSR count). The van der Waals surface area contributed by atoms with Crippen LogP contribution in [0.25, 0.3) is 0 Å². The molecule has 0 aromatic heterocycles. The van der Waals surface area contributed by atoms with Gasteiger partial charge in [0.2, 0.25) is 5.91 Å². The number of nitrogens with one attached hydrogen (secondary N) is 2. The van der Waals surface area contributed by atoms with Crippen molar-refractivity contribution in [2.75, 3.05) is 19.0 Å². The van der Waals surface area contributed by atoms with Crippen LogP contribution < -0.4 is 15.4 Å². The Bertz CT molecular complexity index is 512. The highest BCUT2D eigenvalue weighted by atomic mass is 16.5. The van der Waals surface area contributed by atoms with Crippen LogP contribution in [0, 0.1) is 0 Å². The predicted molar refractivity (Wildman–Crippen MR) is 74.2 cm³/mol. The second kappa shape index (κ2) is 6.38. The Hall–Kier alpha value is -2.08. The van der Waals surface area contributed by atoms with Gasteiger partial charge in [-0.15, -0.1) is 0 Å². The number of ether oxygens (including phenoxy) is 1. The van der Waals surface area contributed by atoms with Crippen molar-refractivity contribution in [3.05, 3.63) is 23.8 Å². The summed E-state index contributed by atoms with van der Waals surface area (Å²) < 4.78 is 5.11. The SMILES string of the molecule is COc1ccc(C(=O)O)cc1NC(=O)CCNC1CC1. The zero-order valence-corrected chi connectivity index (χ0v) is 11.3.